The van der Waals surface area contributed by atoms with Gasteiger partial charge in [0.25, 0.3) is 0 Å². The van der Waals surface area contributed by atoms with Crippen LogP contribution >= 0.6 is 0 Å². The summed E-state index contributed by atoms with van der Waals surface area (Å²) in [4.78, 5) is 30.2. The highest BCUT2D eigenvalue weighted by atomic mass is 16.5. The predicted octanol–water partition coefficient (Wildman–Crippen LogP) is 3.91. The van der Waals surface area contributed by atoms with E-state index in [1.54, 1.807) is 24.4 Å². The Labute approximate surface area is 183 Å². The fraction of sp³-hybridized carbons (Fsp3) is 0.0417. The fourth-order valence-corrected chi connectivity index (χ4v) is 3.49. The van der Waals surface area contributed by atoms with Crippen molar-refractivity contribution in [3.8, 4) is 28.5 Å². The normalized spacial score (nSPS) is 10.9. The Morgan fingerprint density at radius 1 is 0.938 bits per heavy atom. The van der Waals surface area contributed by atoms with Gasteiger partial charge in [0.1, 0.15) is 17.2 Å². The van der Waals surface area contributed by atoms with Gasteiger partial charge in [-0.3, -0.25) is 4.57 Å². The van der Waals surface area contributed by atoms with Crippen LogP contribution in [-0.2, 0) is 4.74 Å². The second-order valence-electron chi connectivity index (χ2n) is 7.01. The van der Waals surface area contributed by atoms with E-state index in [9.17, 15) is 4.79 Å². The second kappa shape index (κ2) is 7.92. The van der Waals surface area contributed by atoms with Gasteiger partial charge in [-0.1, -0.05) is 30.3 Å². The highest BCUT2D eigenvalue weighted by Gasteiger charge is 2.19. The number of fused-ring (bicyclic) bond motifs is 1. The molecule has 0 aliphatic heterocycles. The van der Waals surface area contributed by atoms with Gasteiger partial charge in [0, 0.05) is 18.0 Å². The summed E-state index contributed by atoms with van der Waals surface area (Å²) in [5, 5.41) is 0. The molecule has 0 spiro atoms. The first-order chi connectivity index (χ1) is 15.7. The highest BCUT2D eigenvalue weighted by Crippen LogP contribution is 2.31. The Morgan fingerprint density at radius 2 is 1.78 bits per heavy atom. The first-order valence-electron chi connectivity index (χ1n) is 9.86. The number of imidazole rings is 1. The third-order valence-corrected chi connectivity index (χ3v) is 5.05. The molecule has 32 heavy (non-hydrogen) atoms. The minimum Gasteiger partial charge on any atom is -0.465 e. The summed E-state index contributed by atoms with van der Waals surface area (Å²) >= 11 is 0. The second-order valence-corrected chi connectivity index (χ2v) is 7.01. The van der Waals surface area contributed by atoms with Crippen molar-refractivity contribution in [2.24, 2.45) is 0 Å². The highest BCUT2D eigenvalue weighted by molar-refractivity contribution is 5.89. The number of methoxy groups -OCH3 is 1. The largest absolute Gasteiger partial charge is 0.465 e. The summed E-state index contributed by atoms with van der Waals surface area (Å²) in [5.74, 6) is 0.983. The van der Waals surface area contributed by atoms with Crippen molar-refractivity contribution < 1.29 is 9.53 Å². The lowest BCUT2D eigenvalue weighted by atomic mass is 10.1. The Kier molecular flexibility index (Phi) is 4.79. The van der Waals surface area contributed by atoms with E-state index in [-0.39, 0.29) is 0 Å². The number of pyridine rings is 3. The number of anilines is 1. The van der Waals surface area contributed by atoms with Gasteiger partial charge in [-0.15, -0.1) is 0 Å². The fourth-order valence-electron chi connectivity index (χ4n) is 3.49. The van der Waals surface area contributed by atoms with E-state index in [0.717, 1.165) is 11.3 Å². The molecule has 8 nitrogen and oxygen atoms in total. The summed E-state index contributed by atoms with van der Waals surface area (Å²) in [6, 6.07) is 20.8. The minimum absolute atomic E-state index is 0.346. The lowest BCUT2D eigenvalue weighted by molar-refractivity contribution is 0.0600. The van der Waals surface area contributed by atoms with E-state index in [1.165, 1.54) is 13.3 Å². The molecule has 8 heteroatoms. The van der Waals surface area contributed by atoms with Gasteiger partial charge in [0.2, 0.25) is 0 Å². The first kappa shape index (κ1) is 19.4. The third-order valence-electron chi connectivity index (χ3n) is 5.05. The molecule has 0 amide bonds. The molecule has 0 atom stereocenters. The number of carbonyl (C=O) groups is 1. The number of aromatic nitrogens is 5. The van der Waals surface area contributed by atoms with Crippen molar-refractivity contribution in [2.75, 3.05) is 12.8 Å². The Morgan fingerprint density at radius 3 is 2.50 bits per heavy atom. The molecule has 0 fully saturated rings. The van der Waals surface area contributed by atoms with Gasteiger partial charge in [0.05, 0.1) is 23.9 Å². The van der Waals surface area contributed by atoms with Crippen LogP contribution in [0.4, 0.5) is 5.82 Å². The van der Waals surface area contributed by atoms with Gasteiger partial charge < -0.3 is 10.5 Å². The van der Waals surface area contributed by atoms with Crippen molar-refractivity contribution in [3.63, 3.8) is 0 Å². The van der Waals surface area contributed by atoms with Gasteiger partial charge in [-0.25, -0.2) is 24.7 Å². The minimum atomic E-state index is -0.458. The van der Waals surface area contributed by atoms with E-state index < -0.39 is 5.97 Å². The molecule has 5 aromatic rings. The number of esters is 1. The van der Waals surface area contributed by atoms with Crippen LogP contribution in [0.25, 0.3) is 39.6 Å². The molecule has 0 bridgehead atoms. The monoisotopic (exact) mass is 422 g/mol. The number of ether oxygens (including phenoxy) is 1. The summed E-state index contributed by atoms with van der Waals surface area (Å²) < 4.78 is 6.59. The number of carbonyl (C=O) groups excluding carboxylic acids is 1. The van der Waals surface area contributed by atoms with Crippen LogP contribution in [0.3, 0.4) is 0 Å². The number of nitrogens with zero attached hydrogens (tertiary/aromatic N) is 5. The van der Waals surface area contributed by atoms with Crippen molar-refractivity contribution in [1.29, 1.82) is 0 Å². The Bertz CT molecular complexity index is 1430. The van der Waals surface area contributed by atoms with Crippen molar-refractivity contribution >= 4 is 23.0 Å². The maximum absolute atomic E-state index is 11.8. The van der Waals surface area contributed by atoms with E-state index >= 15 is 0 Å². The molecule has 0 radical (unpaired) electrons. The number of hydrogen-bond donors (Lipinski definition) is 1. The van der Waals surface area contributed by atoms with Crippen LogP contribution in [0.1, 0.15) is 10.4 Å². The average molecular weight is 422 g/mol. The van der Waals surface area contributed by atoms with Crippen molar-refractivity contribution in [3.05, 3.63) is 84.7 Å². The number of hydrogen-bond acceptors (Lipinski definition) is 7. The summed E-state index contributed by atoms with van der Waals surface area (Å²) in [6.07, 6.45) is 3.09. The molecule has 156 valence electrons. The van der Waals surface area contributed by atoms with Crippen LogP contribution in [0.5, 0.6) is 0 Å². The zero-order valence-electron chi connectivity index (χ0n) is 17.1. The maximum atomic E-state index is 11.8. The van der Waals surface area contributed by atoms with E-state index in [1.807, 2.05) is 53.1 Å². The Balaban J connectivity index is 1.76. The summed E-state index contributed by atoms with van der Waals surface area (Å²) in [5.41, 5.74) is 10.2. The smallest absolute Gasteiger partial charge is 0.339 e. The van der Waals surface area contributed by atoms with Crippen LogP contribution in [0.15, 0.2) is 79.1 Å². The van der Waals surface area contributed by atoms with Gasteiger partial charge >= 0.3 is 5.97 Å². The number of rotatable bonds is 4. The van der Waals surface area contributed by atoms with Crippen molar-refractivity contribution in [1.82, 2.24) is 24.5 Å². The molecule has 0 aliphatic carbocycles. The maximum Gasteiger partial charge on any atom is 0.339 e. The standard InChI is InChI=1S/C24H18N6O2/c1-32-24(31)16-9-12-20(27-14-16)30-22(17-8-5-13-26-21(17)25)29-19-11-10-18(28-23(19)30)15-6-3-2-4-7-15/h2-14H,1H3,(H2,25,26). The number of nitrogen functional groups attached to an aromatic ring is 1. The molecule has 5 rings (SSSR count). The molecule has 0 saturated carbocycles. The van der Waals surface area contributed by atoms with Gasteiger partial charge in [0.15, 0.2) is 11.5 Å². The molecule has 0 unspecified atom stereocenters. The zero-order chi connectivity index (χ0) is 22.1. The van der Waals surface area contributed by atoms with Gasteiger partial charge in [-0.05, 0) is 36.4 Å². The Hall–Kier alpha value is -4.59. The third kappa shape index (κ3) is 3.33. The van der Waals surface area contributed by atoms with Crippen molar-refractivity contribution in [2.45, 2.75) is 0 Å². The number of nitrogens with two attached hydrogens (primary N) is 1. The lowest BCUT2D eigenvalue weighted by Gasteiger charge is -2.10. The average Bonchev–Trinajstić information content (AvgIpc) is 3.23. The summed E-state index contributed by atoms with van der Waals surface area (Å²) in [6.45, 7) is 0. The van der Waals surface area contributed by atoms with Crippen LogP contribution in [-0.4, -0.2) is 37.6 Å². The SMILES string of the molecule is COC(=O)c1ccc(-n2c(-c3cccnc3N)nc3ccc(-c4ccccc4)nc32)nc1. The van der Waals surface area contributed by atoms with Crippen LogP contribution in [0, 0.1) is 0 Å². The van der Waals surface area contributed by atoms with Crippen LogP contribution in [0.2, 0.25) is 0 Å². The van der Waals surface area contributed by atoms with E-state index in [4.69, 9.17) is 20.4 Å². The number of benzene rings is 1. The molecular formula is C24H18N6O2. The lowest BCUT2D eigenvalue weighted by Crippen LogP contribution is -2.06. The topological polar surface area (TPSA) is 109 Å². The van der Waals surface area contributed by atoms with Crippen LogP contribution < -0.4 is 5.73 Å². The molecule has 1 aromatic carbocycles. The molecule has 4 heterocycles. The first-order valence-corrected chi connectivity index (χ1v) is 9.86. The quantitative estimate of drug-likeness (QED) is 0.437. The predicted molar refractivity (Wildman–Crippen MR) is 121 cm³/mol. The molecule has 0 saturated heterocycles. The van der Waals surface area contributed by atoms with E-state index in [0.29, 0.717) is 39.8 Å². The molecule has 4 aromatic heterocycles. The van der Waals surface area contributed by atoms with Gasteiger partial charge in [-0.2, -0.15) is 0 Å². The molecule has 2 N–H and O–H groups in total. The summed E-state index contributed by atoms with van der Waals surface area (Å²) in [7, 11) is 1.33. The molecule has 0 aliphatic rings. The zero-order valence-corrected chi connectivity index (χ0v) is 17.1. The van der Waals surface area contributed by atoms with E-state index in [2.05, 4.69) is 9.97 Å². The molecular weight excluding hydrogens is 404 g/mol.